The zero-order valence-corrected chi connectivity index (χ0v) is 6.40. The molecule has 0 unspecified atom stereocenters. The minimum absolute atomic E-state index is 0.313. The molecular weight excluding hydrogens is 144 g/mol. The van der Waals surface area contributed by atoms with Gasteiger partial charge in [0.1, 0.15) is 11.9 Å². The zero-order valence-electron chi connectivity index (χ0n) is 6.40. The lowest BCUT2D eigenvalue weighted by molar-refractivity contribution is 0.0763. The molecule has 62 valence electrons. The summed E-state index contributed by atoms with van der Waals surface area (Å²) in [5, 5.41) is 18.2. The lowest BCUT2D eigenvalue weighted by atomic mass is 10.1. The second-order valence-corrected chi connectivity index (χ2v) is 2.62. The summed E-state index contributed by atoms with van der Waals surface area (Å²) < 4.78 is 4.94. The molecule has 1 rings (SSSR count). The zero-order chi connectivity index (χ0) is 8.27. The third-order valence-corrected chi connectivity index (χ3v) is 1.44. The average Bonchev–Trinajstić information content (AvgIpc) is 2.35. The molecule has 1 heterocycles. The van der Waals surface area contributed by atoms with Crippen molar-refractivity contribution in [3.8, 4) is 0 Å². The molecule has 3 nitrogen and oxygen atoms in total. The van der Waals surface area contributed by atoms with Crippen molar-refractivity contribution >= 4 is 0 Å². The highest BCUT2D eigenvalue weighted by molar-refractivity contribution is 5.01. The Morgan fingerprint density at radius 3 is 2.73 bits per heavy atom. The molecule has 2 N–H and O–H groups in total. The van der Waals surface area contributed by atoms with Crippen molar-refractivity contribution in [1.29, 1.82) is 0 Å². The molecule has 1 aromatic rings. The summed E-state index contributed by atoms with van der Waals surface area (Å²) in [6, 6.07) is 3.40. The van der Waals surface area contributed by atoms with Crippen LogP contribution in [-0.2, 0) is 0 Å². The standard InChI is InChI=1S/C8H12O3/c1-6(9)5-7(10)8-3-2-4-11-8/h2-4,6-7,9-10H,5H2,1H3/t6-,7-/m0/s1. The fraction of sp³-hybridized carbons (Fsp3) is 0.500. The van der Waals surface area contributed by atoms with E-state index in [0.717, 1.165) is 0 Å². The Morgan fingerprint density at radius 2 is 2.27 bits per heavy atom. The van der Waals surface area contributed by atoms with E-state index in [1.165, 1.54) is 6.26 Å². The van der Waals surface area contributed by atoms with E-state index in [4.69, 9.17) is 9.52 Å². The number of aliphatic hydroxyl groups excluding tert-OH is 2. The highest BCUT2D eigenvalue weighted by Gasteiger charge is 2.12. The fourth-order valence-corrected chi connectivity index (χ4v) is 0.920. The predicted octanol–water partition coefficient (Wildman–Crippen LogP) is 1.08. The van der Waals surface area contributed by atoms with Gasteiger partial charge in [-0.3, -0.25) is 0 Å². The molecule has 0 radical (unpaired) electrons. The van der Waals surface area contributed by atoms with Crippen LogP contribution in [0.4, 0.5) is 0 Å². The molecule has 1 aromatic heterocycles. The van der Waals surface area contributed by atoms with Crippen LogP contribution in [0.1, 0.15) is 25.2 Å². The predicted molar refractivity (Wildman–Crippen MR) is 40.0 cm³/mol. The normalized spacial score (nSPS) is 16.3. The van der Waals surface area contributed by atoms with Crippen LogP contribution in [0.5, 0.6) is 0 Å². The van der Waals surface area contributed by atoms with E-state index in [1.54, 1.807) is 19.1 Å². The number of hydrogen-bond donors (Lipinski definition) is 2. The monoisotopic (exact) mass is 156 g/mol. The first-order chi connectivity index (χ1) is 5.20. The van der Waals surface area contributed by atoms with Crippen molar-refractivity contribution in [2.45, 2.75) is 25.6 Å². The van der Waals surface area contributed by atoms with Gasteiger partial charge in [-0.1, -0.05) is 0 Å². The molecule has 0 saturated heterocycles. The molecule has 0 aliphatic carbocycles. The smallest absolute Gasteiger partial charge is 0.132 e. The van der Waals surface area contributed by atoms with Crippen LogP contribution in [-0.4, -0.2) is 16.3 Å². The first-order valence-electron chi connectivity index (χ1n) is 3.59. The largest absolute Gasteiger partial charge is 0.467 e. The van der Waals surface area contributed by atoms with E-state index in [2.05, 4.69) is 0 Å². The van der Waals surface area contributed by atoms with Gasteiger partial charge in [0.05, 0.1) is 12.4 Å². The maximum atomic E-state index is 9.33. The quantitative estimate of drug-likeness (QED) is 0.688. The van der Waals surface area contributed by atoms with E-state index < -0.39 is 12.2 Å². The highest BCUT2D eigenvalue weighted by Crippen LogP contribution is 2.17. The van der Waals surface area contributed by atoms with Crippen LogP contribution >= 0.6 is 0 Å². The van der Waals surface area contributed by atoms with Gasteiger partial charge in [-0.25, -0.2) is 0 Å². The van der Waals surface area contributed by atoms with Crippen molar-refractivity contribution in [2.24, 2.45) is 0 Å². The first kappa shape index (κ1) is 8.30. The van der Waals surface area contributed by atoms with Gasteiger partial charge in [-0.15, -0.1) is 0 Å². The van der Waals surface area contributed by atoms with E-state index in [1.807, 2.05) is 0 Å². The Hall–Kier alpha value is -0.800. The Bertz CT molecular complexity index is 191. The molecule has 2 atom stereocenters. The van der Waals surface area contributed by atoms with Crippen LogP contribution < -0.4 is 0 Å². The Kier molecular flexibility index (Phi) is 2.68. The van der Waals surface area contributed by atoms with E-state index in [0.29, 0.717) is 12.2 Å². The molecule has 0 bridgehead atoms. The number of furan rings is 1. The molecule has 11 heavy (non-hydrogen) atoms. The van der Waals surface area contributed by atoms with E-state index in [9.17, 15) is 5.11 Å². The van der Waals surface area contributed by atoms with Crippen LogP contribution in [0.3, 0.4) is 0 Å². The van der Waals surface area contributed by atoms with E-state index >= 15 is 0 Å². The van der Waals surface area contributed by atoms with Crippen LogP contribution in [0.2, 0.25) is 0 Å². The average molecular weight is 156 g/mol. The fourth-order valence-electron chi connectivity index (χ4n) is 0.920. The van der Waals surface area contributed by atoms with Gasteiger partial charge >= 0.3 is 0 Å². The lowest BCUT2D eigenvalue weighted by Crippen LogP contribution is -2.07. The van der Waals surface area contributed by atoms with Gasteiger partial charge in [0.2, 0.25) is 0 Å². The van der Waals surface area contributed by atoms with Gasteiger partial charge in [0.15, 0.2) is 0 Å². The van der Waals surface area contributed by atoms with E-state index in [-0.39, 0.29) is 0 Å². The third kappa shape index (κ3) is 2.37. The molecular formula is C8H12O3. The highest BCUT2D eigenvalue weighted by atomic mass is 16.4. The molecule has 0 saturated carbocycles. The molecule has 0 spiro atoms. The summed E-state index contributed by atoms with van der Waals surface area (Å²) in [6.45, 7) is 1.63. The molecule has 3 heteroatoms. The maximum Gasteiger partial charge on any atom is 0.132 e. The van der Waals surface area contributed by atoms with Crippen LogP contribution in [0.25, 0.3) is 0 Å². The summed E-state index contributed by atoms with van der Waals surface area (Å²) in [5.41, 5.74) is 0. The van der Waals surface area contributed by atoms with Gasteiger partial charge in [-0.2, -0.15) is 0 Å². The van der Waals surface area contributed by atoms with Crippen molar-refractivity contribution in [1.82, 2.24) is 0 Å². The maximum absolute atomic E-state index is 9.33. The summed E-state index contributed by atoms with van der Waals surface area (Å²) >= 11 is 0. The van der Waals surface area contributed by atoms with Gasteiger partial charge in [0.25, 0.3) is 0 Å². The van der Waals surface area contributed by atoms with Gasteiger partial charge in [-0.05, 0) is 19.1 Å². The SMILES string of the molecule is C[C@H](O)C[C@H](O)c1ccco1. The molecule has 0 amide bonds. The minimum Gasteiger partial charge on any atom is -0.467 e. The number of rotatable bonds is 3. The van der Waals surface area contributed by atoms with Crippen molar-refractivity contribution in [3.63, 3.8) is 0 Å². The minimum atomic E-state index is -0.690. The Labute approximate surface area is 65.3 Å². The summed E-state index contributed by atoms with van der Waals surface area (Å²) in [7, 11) is 0. The summed E-state index contributed by atoms with van der Waals surface area (Å²) in [4.78, 5) is 0. The van der Waals surface area contributed by atoms with Crippen molar-refractivity contribution in [2.75, 3.05) is 0 Å². The van der Waals surface area contributed by atoms with Crippen LogP contribution in [0, 0.1) is 0 Å². The molecule has 0 fully saturated rings. The van der Waals surface area contributed by atoms with Crippen molar-refractivity contribution < 1.29 is 14.6 Å². The van der Waals surface area contributed by atoms with Crippen LogP contribution in [0.15, 0.2) is 22.8 Å². The first-order valence-corrected chi connectivity index (χ1v) is 3.59. The Balaban J connectivity index is 2.49. The third-order valence-electron chi connectivity index (χ3n) is 1.44. The molecule has 0 aliphatic heterocycles. The molecule has 0 aliphatic rings. The van der Waals surface area contributed by atoms with Gasteiger partial charge < -0.3 is 14.6 Å². The Morgan fingerprint density at radius 1 is 1.55 bits per heavy atom. The molecule has 0 aromatic carbocycles. The second-order valence-electron chi connectivity index (χ2n) is 2.62. The second kappa shape index (κ2) is 3.55. The van der Waals surface area contributed by atoms with Crippen molar-refractivity contribution in [3.05, 3.63) is 24.2 Å². The van der Waals surface area contributed by atoms with Gasteiger partial charge in [0, 0.05) is 6.42 Å². The summed E-state index contributed by atoms with van der Waals surface area (Å²) in [6.07, 6.45) is 0.619. The summed E-state index contributed by atoms with van der Waals surface area (Å²) in [5.74, 6) is 0.505. The topological polar surface area (TPSA) is 53.6 Å². The lowest BCUT2D eigenvalue weighted by Gasteiger charge is -2.08. The number of hydrogen-bond acceptors (Lipinski definition) is 3. The number of aliphatic hydroxyl groups is 2.